The molecule has 0 unspecified atom stereocenters. The summed E-state index contributed by atoms with van der Waals surface area (Å²) in [7, 11) is 0. The Morgan fingerprint density at radius 3 is 1.79 bits per heavy atom. The first-order valence-corrected chi connectivity index (χ1v) is 18.1. The van der Waals surface area contributed by atoms with E-state index in [4.69, 9.17) is 28.5 Å². The van der Waals surface area contributed by atoms with Crippen LogP contribution in [0.4, 0.5) is 0 Å². The number of hydrogen-bond donors (Lipinski definition) is 1. The van der Waals surface area contributed by atoms with Crippen molar-refractivity contribution in [3.05, 3.63) is 78.2 Å². The molecule has 0 aliphatic carbocycles. The van der Waals surface area contributed by atoms with Crippen LogP contribution in [-0.2, 0) is 62.2 Å². The number of carbonyl (C=O) groups excluding carboxylic acids is 3. The third-order valence-electron chi connectivity index (χ3n) is 8.51. The van der Waals surface area contributed by atoms with Gasteiger partial charge in [-0.2, -0.15) is 5.48 Å². The summed E-state index contributed by atoms with van der Waals surface area (Å²) < 4.78 is 26.8. The van der Waals surface area contributed by atoms with Crippen molar-refractivity contribution in [2.45, 2.75) is 64.2 Å². The summed E-state index contributed by atoms with van der Waals surface area (Å²) in [5.41, 5.74) is 5.78. The van der Waals surface area contributed by atoms with Crippen molar-refractivity contribution in [3.63, 3.8) is 0 Å². The maximum Gasteiger partial charge on any atom is 1.00 e. The van der Waals surface area contributed by atoms with Crippen LogP contribution in [-0.4, -0.2) is 107 Å². The molecule has 0 radical (unpaired) electrons. The summed E-state index contributed by atoms with van der Waals surface area (Å²) in [6.07, 6.45) is 8.06. The first-order chi connectivity index (χ1) is 24.5. The fraction of sp³-hybridized carbons (Fsp3) is 0.590. The van der Waals surface area contributed by atoms with Crippen molar-refractivity contribution in [1.29, 1.82) is 0 Å². The number of rotatable bonds is 26. The number of unbranched alkanes of at least 4 members (excludes halogenated alkanes) is 1. The topological polar surface area (TPSA) is 152 Å². The second kappa shape index (κ2) is 31.0. The van der Waals surface area contributed by atoms with Crippen LogP contribution >= 0.6 is 0 Å². The number of benzene rings is 2. The third-order valence-corrected chi connectivity index (χ3v) is 8.51. The Labute approximate surface area is 332 Å². The van der Waals surface area contributed by atoms with Gasteiger partial charge in [0.15, 0.2) is 0 Å². The molecule has 0 spiro atoms. The van der Waals surface area contributed by atoms with Crippen molar-refractivity contribution < 1.29 is 77.9 Å². The number of hydrogen-bond acceptors (Lipinski definition) is 10. The maximum atomic E-state index is 12.5. The van der Waals surface area contributed by atoms with E-state index in [0.29, 0.717) is 84.9 Å². The van der Waals surface area contributed by atoms with E-state index < -0.39 is 5.97 Å². The molecule has 1 heterocycles. The van der Waals surface area contributed by atoms with E-state index in [9.17, 15) is 14.4 Å². The standard InChI is InChI=1S/C39H57N2O9.Na.H2O/c1-2-45-23-24-46-25-26-47-27-28-48-29-30-49-32-38(43)41-21-19-35(20-22-41)13-8-14-39(44)50-40-37(42)31-36-17-15-34(16-18-36)12-7-6-11-33-9-4-3-5-10-33;;/h3-5,9-10,15-18,35H,1-2,6-8,11-14,19-32H2,(H,40,42);;1H2/q-1;+1;/p-1. The van der Waals surface area contributed by atoms with Gasteiger partial charge in [-0.05, 0) is 74.0 Å². The molecule has 2 aromatic carbocycles. The van der Waals surface area contributed by atoms with Gasteiger partial charge in [0.1, 0.15) is 6.61 Å². The van der Waals surface area contributed by atoms with E-state index in [0.717, 1.165) is 50.5 Å². The van der Waals surface area contributed by atoms with E-state index in [2.05, 4.69) is 48.8 Å². The molecule has 13 heteroatoms. The largest absolute Gasteiger partial charge is 1.00 e. The van der Waals surface area contributed by atoms with Crippen LogP contribution in [0.1, 0.15) is 61.6 Å². The van der Waals surface area contributed by atoms with Crippen LogP contribution in [0.25, 0.3) is 0 Å². The molecule has 1 aliphatic rings. The summed E-state index contributed by atoms with van der Waals surface area (Å²) in [5, 5.41) is 0. The molecule has 3 rings (SSSR count). The van der Waals surface area contributed by atoms with Crippen LogP contribution in [0.15, 0.2) is 54.6 Å². The monoisotopic (exact) mass is 737 g/mol. The second-order valence-corrected chi connectivity index (χ2v) is 12.4. The molecule has 286 valence electrons. The summed E-state index contributed by atoms with van der Waals surface area (Å²) in [4.78, 5) is 43.8. The van der Waals surface area contributed by atoms with E-state index in [1.165, 1.54) is 11.1 Å². The number of amides is 2. The number of nitrogens with one attached hydrogen (secondary N) is 1. The number of likely N-dealkylation sites (tertiary alicyclic amines) is 1. The number of ether oxygens (including phenoxy) is 5. The molecule has 0 bridgehead atoms. The first-order valence-electron chi connectivity index (χ1n) is 18.1. The van der Waals surface area contributed by atoms with E-state index in [1.54, 1.807) is 0 Å². The summed E-state index contributed by atoms with van der Waals surface area (Å²) in [5.74, 6) is -0.360. The Morgan fingerprint density at radius 1 is 0.692 bits per heavy atom. The van der Waals surface area contributed by atoms with Crippen LogP contribution in [0.3, 0.4) is 0 Å². The zero-order valence-corrected chi connectivity index (χ0v) is 33.1. The smallest absolute Gasteiger partial charge is 0.870 e. The third kappa shape index (κ3) is 22.6. The van der Waals surface area contributed by atoms with Gasteiger partial charge in [0.05, 0.1) is 59.3 Å². The molecule has 2 amide bonds. The van der Waals surface area contributed by atoms with Crippen molar-refractivity contribution in [2.75, 3.05) is 79.2 Å². The number of nitrogens with zero attached hydrogens (tertiary/aromatic N) is 1. The molecule has 1 aliphatic heterocycles. The van der Waals surface area contributed by atoms with Gasteiger partial charge in [-0.15, -0.1) is 0 Å². The van der Waals surface area contributed by atoms with Gasteiger partial charge in [0, 0.05) is 19.5 Å². The molecule has 2 aromatic rings. The average Bonchev–Trinajstić information content (AvgIpc) is 3.14. The van der Waals surface area contributed by atoms with Gasteiger partial charge in [0.25, 0.3) is 5.91 Å². The summed E-state index contributed by atoms with van der Waals surface area (Å²) in [6.45, 7) is 9.16. The molecule has 52 heavy (non-hydrogen) atoms. The average molecular weight is 738 g/mol. The Morgan fingerprint density at radius 2 is 1.21 bits per heavy atom. The van der Waals surface area contributed by atoms with Crippen molar-refractivity contribution in [1.82, 2.24) is 10.4 Å². The number of piperidine rings is 1. The van der Waals surface area contributed by atoms with Gasteiger partial charge in [-0.1, -0.05) is 61.2 Å². The number of carbonyl (C=O) groups is 3. The predicted octanol–water partition coefficient (Wildman–Crippen LogP) is 1.52. The minimum absolute atomic E-state index is 0. The van der Waals surface area contributed by atoms with E-state index in [-0.39, 0.29) is 66.3 Å². The van der Waals surface area contributed by atoms with Crippen LogP contribution in [0.5, 0.6) is 0 Å². The Hall–Kier alpha value is -2.39. The zero-order chi connectivity index (χ0) is 35.5. The van der Waals surface area contributed by atoms with E-state index >= 15 is 0 Å². The molecule has 2 N–H and O–H groups in total. The van der Waals surface area contributed by atoms with Crippen molar-refractivity contribution >= 4 is 17.8 Å². The van der Waals surface area contributed by atoms with Crippen LogP contribution in [0.2, 0.25) is 0 Å². The molecule has 0 aromatic heterocycles. The Bertz CT molecular complexity index is 1200. The Balaban J connectivity index is 0.00000676. The minimum Gasteiger partial charge on any atom is -0.870 e. The van der Waals surface area contributed by atoms with Gasteiger partial charge in [-0.25, -0.2) is 4.79 Å². The summed E-state index contributed by atoms with van der Waals surface area (Å²) in [6, 6.07) is 18.6. The molecule has 0 atom stereocenters. The molecule has 1 saturated heterocycles. The van der Waals surface area contributed by atoms with E-state index in [1.807, 2.05) is 23.1 Å². The number of aryl methyl sites for hydroxylation is 2. The van der Waals surface area contributed by atoms with Gasteiger partial charge >= 0.3 is 35.5 Å². The minimum atomic E-state index is -0.442. The zero-order valence-electron chi connectivity index (χ0n) is 31.1. The normalized spacial score (nSPS) is 12.8. The van der Waals surface area contributed by atoms with Gasteiger partial charge in [0.2, 0.25) is 5.91 Å². The Kier molecular flexibility index (Phi) is 28.4. The molecular weight excluding hydrogens is 679 g/mol. The van der Waals surface area contributed by atoms with Gasteiger partial charge in [-0.3, -0.25) is 9.59 Å². The fourth-order valence-electron chi connectivity index (χ4n) is 5.65. The maximum absolute atomic E-state index is 12.5. The van der Waals surface area contributed by atoms with Crippen molar-refractivity contribution in [3.8, 4) is 0 Å². The molecule has 12 nitrogen and oxygen atoms in total. The van der Waals surface area contributed by atoms with Gasteiger partial charge < -0.3 is 45.8 Å². The van der Waals surface area contributed by atoms with Crippen molar-refractivity contribution in [2.24, 2.45) is 5.92 Å². The van der Waals surface area contributed by atoms with Crippen LogP contribution in [0, 0.1) is 12.8 Å². The molecular formula is C39H58N2NaO10-. The fourth-order valence-corrected chi connectivity index (χ4v) is 5.65. The number of hydroxylamine groups is 1. The quantitative estimate of drug-likeness (QED) is 0.0652. The SMILES string of the molecule is [CH2-]COCCOCCOCCOCCOCC(=O)N1CCC(CCCC(=O)ONC(=O)Cc2ccc(CCCCc3ccccc3)cc2)CC1.[Na+].[OH-]. The molecule has 1 fully saturated rings. The molecule has 0 saturated carbocycles. The predicted molar refractivity (Wildman–Crippen MR) is 192 cm³/mol. The van der Waals surface area contributed by atoms with Crippen LogP contribution < -0.4 is 35.0 Å². The second-order valence-electron chi connectivity index (χ2n) is 12.4. The first kappa shape index (κ1) is 47.6. The summed E-state index contributed by atoms with van der Waals surface area (Å²) >= 11 is 0.